The molecular formula is C29H40N2O6. The van der Waals surface area contributed by atoms with E-state index in [1.807, 2.05) is 0 Å². The minimum Gasteiger partial charge on any atom is -0.467 e. The van der Waals surface area contributed by atoms with Gasteiger partial charge in [0.25, 0.3) is 5.91 Å². The van der Waals surface area contributed by atoms with Gasteiger partial charge in [-0.25, -0.2) is 4.79 Å². The topological polar surface area (TPSA) is 109 Å². The van der Waals surface area contributed by atoms with Crippen LogP contribution in [0.3, 0.4) is 0 Å². The number of nitrogens with zero attached hydrogens (tertiary/aromatic N) is 2. The van der Waals surface area contributed by atoms with E-state index in [1.54, 1.807) is 0 Å². The fraction of sp³-hybridized carbons (Fsp3) is 0.759. The van der Waals surface area contributed by atoms with Crippen LogP contribution in [-0.4, -0.2) is 70.7 Å². The van der Waals surface area contributed by atoms with Crippen LogP contribution in [-0.2, 0) is 19.2 Å². The van der Waals surface area contributed by atoms with E-state index in [-0.39, 0.29) is 36.3 Å². The zero-order valence-electron chi connectivity index (χ0n) is 22.2. The number of allylic oxidation sites excluding steroid dienone is 2. The van der Waals surface area contributed by atoms with E-state index in [0.29, 0.717) is 24.2 Å². The number of β-amino-alcohol motifs (C(OH)–C–C–N with tert-alkyl or cyclic N) is 1. The number of oxime groups is 1. The van der Waals surface area contributed by atoms with Crippen LogP contribution in [0.5, 0.6) is 0 Å². The lowest BCUT2D eigenvalue weighted by molar-refractivity contribution is -0.152. The molecular weight excluding hydrogens is 472 g/mol. The third-order valence-electron chi connectivity index (χ3n) is 10.8. The number of carbonyl (C=O) groups excluding carboxylic acids is 2. The maximum Gasteiger partial charge on any atom is 0.328 e. The van der Waals surface area contributed by atoms with Gasteiger partial charge >= 0.3 is 5.97 Å². The van der Waals surface area contributed by atoms with E-state index in [9.17, 15) is 19.8 Å². The Balaban J connectivity index is 1.24. The largest absolute Gasteiger partial charge is 0.467 e. The highest BCUT2D eigenvalue weighted by atomic mass is 16.6. The van der Waals surface area contributed by atoms with Gasteiger partial charge in [-0.1, -0.05) is 30.5 Å². The highest BCUT2D eigenvalue weighted by molar-refractivity contribution is 5.96. The zero-order valence-corrected chi connectivity index (χ0v) is 22.2. The summed E-state index contributed by atoms with van der Waals surface area (Å²) in [5.74, 6) is 3.45. The van der Waals surface area contributed by atoms with Crippen LogP contribution in [0.1, 0.15) is 71.6 Å². The Morgan fingerprint density at radius 3 is 2.68 bits per heavy atom. The molecule has 1 aliphatic heterocycles. The number of carbonyl (C=O) groups is 2. The van der Waals surface area contributed by atoms with Crippen molar-refractivity contribution < 1.29 is 29.4 Å². The van der Waals surface area contributed by atoms with Gasteiger partial charge in [-0.15, -0.1) is 6.42 Å². The molecule has 0 unspecified atom stereocenters. The molecule has 1 heterocycles. The molecule has 0 radical (unpaired) electrons. The normalized spacial score (nSPS) is 43.8. The number of amides is 1. The quantitative estimate of drug-likeness (QED) is 0.341. The molecule has 37 heavy (non-hydrogen) atoms. The third-order valence-corrected chi connectivity index (χ3v) is 10.8. The van der Waals surface area contributed by atoms with Crippen molar-refractivity contribution in [2.45, 2.75) is 89.4 Å². The second kappa shape index (κ2) is 9.43. The maximum absolute atomic E-state index is 12.7. The molecule has 4 aliphatic carbocycles. The molecule has 8 atom stereocenters. The van der Waals surface area contributed by atoms with Crippen LogP contribution in [0.15, 0.2) is 16.8 Å². The first-order valence-electron chi connectivity index (χ1n) is 13.7. The van der Waals surface area contributed by atoms with Crippen molar-refractivity contribution in [2.75, 3.05) is 20.3 Å². The molecule has 5 rings (SSSR count). The number of aliphatic hydroxyl groups excluding tert-OH is 1. The van der Waals surface area contributed by atoms with E-state index in [0.717, 1.165) is 50.7 Å². The molecule has 4 fully saturated rings. The highest BCUT2D eigenvalue weighted by Gasteiger charge is 2.63. The monoisotopic (exact) mass is 512 g/mol. The van der Waals surface area contributed by atoms with Gasteiger partial charge in [-0.2, -0.15) is 0 Å². The minimum atomic E-state index is -0.981. The lowest BCUT2D eigenvalue weighted by Gasteiger charge is -2.58. The number of methoxy groups -OCH3 is 1. The summed E-state index contributed by atoms with van der Waals surface area (Å²) in [6.07, 6.45) is 15.0. The number of terminal acetylenes is 1. The standard InChI is InChI=1S/C29H40N2O6/c1-5-29(35)13-10-23-21-7-6-18-14-19(8-11-27(18,2)22(21)9-12-28(23,29)3)30-37-17-25(33)31-16-20(32)15-24(31)26(34)36-4/h1,14,20-24,32,35H,6-13,15-17H2,2-4H3/b30-19-/t20-,21-,22+,23-,24+,27+,28+,29-/m1/s1. The first kappa shape index (κ1) is 26.2. The van der Waals surface area contributed by atoms with Gasteiger partial charge in [0, 0.05) is 18.4 Å². The summed E-state index contributed by atoms with van der Waals surface area (Å²) in [7, 11) is 1.27. The summed E-state index contributed by atoms with van der Waals surface area (Å²) >= 11 is 0. The van der Waals surface area contributed by atoms with Gasteiger partial charge in [-0.3, -0.25) is 4.79 Å². The Labute approximate surface area is 219 Å². The molecule has 2 N–H and O–H groups in total. The van der Waals surface area contributed by atoms with Crippen molar-refractivity contribution in [3.8, 4) is 12.3 Å². The van der Waals surface area contributed by atoms with Crippen LogP contribution in [0.25, 0.3) is 0 Å². The summed E-state index contributed by atoms with van der Waals surface area (Å²) in [5, 5.41) is 25.4. The molecule has 202 valence electrons. The minimum absolute atomic E-state index is 0.0856. The molecule has 0 spiro atoms. The van der Waals surface area contributed by atoms with Gasteiger partial charge in [0.2, 0.25) is 0 Å². The van der Waals surface area contributed by atoms with E-state index in [4.69, 9.17) is 16.0 Å². The van der Waals surface area contributed by atoms with Gasteiger partial charge in [-0.05, 0) is 80.6 Å². The van der Waals surface area contributed by atoms with E-state index < -0.39 is 23.7 Å². The Kier molecular flexibility index (Phi) is 6.69. The van der Waals surface area contributed by atoms with Gasteiger partial charge < -0.3 is 24.7 Å². The van der Waals surface area contributed by atoms with Crippen molar-refractivity contribution in [3.05, 3.63) is 11.6 Å². The van der Waals surface area contributed by atoms with Gasteiger partial charge in [0.05, 0.1) is 18.9 Å². The number of esters is 1. The number of aliphatic hydroxyl groups is 2. The van der Waals surface area contributed by atoms with Crippen LogP contribution in [0.2, 0.25) is 0 Å². The number of fused-ring (bicyclic) bond motifs is 5. The molecule has 1 amide bonds. The SMILES string of the molecule is C#C[C@@]1(O)CC[C@@H]2[C@@H]3CCC4=C/C(=N\OCC(=O)N5C[C@H](O)C[C@H]5C(=O)OC)CC[C@]4(C)[C@H]3CC[C@@]21C. The van der Waals surface area contributed by atoms with E-state index in [1.165, 1.54) is 17.6 Å². The average molecular weight is 513 g/mol. The molecule has 8 nitrogen and oxygen atoms in total. The summed E-state index contributed by atoms with van der Waals surface area (Å²) in [6, 6.07) is -0.787. The fourth-order valence-corrected chi connectivity index (χ4v) is 8.60. The van der Waals surface area contributed by atoms with Gasteiger partial charge in [0.1, 0.15) is 11.6 Å². The molecule has 0 bridgehead atoms. The third kappa shape index (κ3) is 4.10. The molecule has 0 aromatic rings. The smallest absolute Gasteiger partial charge is 0.328 e. The van der Waals surface area contributed by atoms with Crippen LogP contribution >= 0.6 is 0 Å². The number of hydrogen-bond donors (Lipinski definition) is 2. The Hall–Kier alpha value is -2.37. The Morgan fingerprint density at radius 1 is 1.19 bits per heavy atom. The van der Waals surface area contributed by atoms with Crippen LogP contribution in [0, 0.1) is 40.9 Å². The van der Waals surface area contributed by atoms with Crippen molar-refractivity contribution in [2.24, 2.45) is 33.7 Å². The summed E-state index contributed by atoms with van der Waals surface area (Å²) in [4.78, 5) is 31.4. The Morgan fingerprint density at radius 2 is 1.95 bits per heavy atom. The van der Waals surface area contributed by atoms with Crippen LogP contribution in [0.4, 0.5) is 0 Å². The predicted molar refractivity (Wildman–Crippen MR) is 137 cm³/mol. The second-order valence-corrected chi connectivity index (χ2v) is 12.3. The first-order valence-corrected chi connectivity index (χ1v) is 13.7. The summed E-state index contributed by atoms with van der Waals surface area (Å²) in [5.41, 5.74) is 1.18. The average Bonchev–Trinajstić information content (AvgIpc) is 3.41. The molecule has 8 heteroatoms. The first-order chi connectivity index (χ1) is 17.6. The number of rotatable bonds is 4. The second-order valence-electron chi connectivity index (χ2n) is 12.3. The number of ether oxygens (including phenoxy) is 1. The molecule has 0 aromatic carbocycles. The van der Waals surface area contributed by atoms with Crippen molar-refractivity contribution >= 4 is 17.6 Å². The lowest BCUT2D eigenvalue weighted by Crippen LogP contribution is -2.54. The number of hydrogen-bond acceptors (Lipinski definition) is 7. The summed E-state index contributed by atoms with van der Waals surface area (Å²) in [6.45, 7) is 4.41. The van der Waals surface area contributed by atoms with Crippen molar-refractivity contribution in [1.82, 2.24) is 4.90 Å². The molecule has 5 aliphatic rings. The van der Waals surface area contributed by atoms with Crippen molar-refractivity contribution in [1.29, 1.82) is 0 Å². The molecule has 0 aromatic heterocycles. The zero-order chi connectivity index (χ0) is 26.6. The molecule has 3 saturated carbocycles. The molecule has 1 saturated heterocycles. The van der Waals surface area contributed by atoms with Crippen LogP contribution < -0.4 is 0 Å². The summed E-state index contributed by atoms with van der Waals surface area (Å²) < 4.78 is 4.76. The van der Waals surface area contributed by atoms with E-state index >= 15 is 0 Å². The fourth-order valence-electron chi connectivity index (χ4n) is 8.60. The lowest BCUT2D eigenvalue weighted by atomic mass is 9.46. The van der Waals surface area contributed by atoms with E-state index in [2.05, 4.69) is 31.0 Å². The van der Waals surface area contributed by atoms with Gasteiger partial charge in [0.15, 0.2) is 6.61 Å². The van der Waals surface area contributed by atoms with Crippen molar-refractivity contribution in [3.63, 3.8) is 0 Å². The maximum atomic E-state index is 12.7. The predicted octanol–water partition coefficient (Wildman–Crippen LogP) is 2.82. The highest BCUT2D eigenvalue weighted by Crippen LogP contribution is 2.67. The Bertz CT molecular complexity index is 1060. The number of likely N-dealkylation sites (tertiary alicyclic amines) is 1.